The molecule has 7 nitrogen and oxygen atoms in total. The normalized spacial score (nSPS) is 12.1. The SMILES string of the molecule is CC(C)(C)OC(=O)N[C@H](CCCC(=O)OCc1ccccc1)C(=O)O. The molecule has 1 atom stereocenters. The molecule has 0 aromatic heterocycles. The maximum absolute atomic E-state index is 11.7. The molecule has 0 spiro atoms. The average Bonchev–Trinajstić information content (AvgIpc) is 2.51. The fourth-order valence-electron chi connectivity index (χ4n) is 1.97. The van der Waals surface area contributed by atoms with E-state index in [1.54, 1.807) is 20.8 Å². The summed E-state index contributed by atoms with van der Waals surface area (Å²) in [6, 6.07) is 8.15. The number of alkyl carbamates (subject to hydrolysis) is 1. The topological polar surface area (TPSA) is 102 Å². The van der Waals surface area contributed by atoms with E-state index in [0.717, 1.165) is 5.56 Å². The van der Waals surface area contributed by atoms with Gasteiger partial charge in [0.25, 0.3) is 0 Å². The van der Waals surface area contributed by atoms with E-state index in [0.29, 0.717) is 0 Å². The van der Waals surface area contributed by atoms with Gasteiger partial charge in [0.05, 0.1) is 0 Å². The lowest BCUT2D eigenvalue weighted by Gasteiger charge is -2.21. The largest absolute Gasteiger partial charge is 0.480 e. The first-order valence-corrected chi connectivity index (χ1v) is 8.09. The monoisotopic (exact) mass is 351 g/mol. The Labute approximate surface area is 147 Å². The van der Waals surface area contributed by atoms with E-state index in [4.69, 9.17) is 14.6 Å². The second-order valence-electron chi connectivity index (χ2n) is 6.58. The van der Waals surface area contributed by atoms with Crippen LogP contribution in [0.5, 0.6) is 0 Å². The van der Waals surface area contributed by atoms with Gasteiger partial charge in [-0.25, -0.2) is 9.59 Å². The van der Waals surface area contributed by atoms with Gasteiger partial charge in [0.15, 0.2) is 0 Å². The number of carbonyl (C=O) groups excluding carboxylic acids is 2. The molecule has 7 heteroatoms. The van der Waals surface area contributed by atoms with Crippen LogP contribution < -0.4 is 5.32 Å². The van der Waals surface area contributed by atoms with Crippen LogP contribution in [-0.4, -0.2) is 34.8 Å². The summed E-state index contributed by atoms with van der Waals surface area (Å²) in [5.74, 6) is -1.59. The second kappa shape index (κ2) is 9.66. The Kier molecular flexibility index (Phi) is 7.91. The fraction of sp³-hybridized carbons (Fsp3) is 0.500. The van der Waals surface area contributed by atoms with Crippen LogP contribution in [-0.2, 0) is 25.7 Å². The molecular weight excluding hydrogens is 326 g/mol. The lowest BCUT2D eigenvalue weighted by atomic mass is 10.1. The van der Waals surface area contributed by atoms with Crippen LogP contribution in [0.4, 0.5) is 4.79 Å². The van der Waals surface area contributed by atoms with Gasteiger partial charge in [-0.15, -0.1) is 0 Å². The highest BCUT2D eigenvalue weighted by molar-refractivity contribution is 5.80. The summed E-state index contributed by atoms with van der Waals surface area (Å²) in [4.78, 5) is 34.5. The molecule has 0 radical (unpaired) electrons. The highest BCUT2D eigenvalue weighted by atomic mass is 16.6. The van der Waals surface area contributed by atoms with Gasteiger partial charge in [-0.05, 0) is 39.2 Å². The first kappa shape index (κ1) is 20.5. The number of hydrogen-bond acceptors (Lipinski definition) is 5. The molecule has 0 unspecified atom stereocenters. The number of ether oxygens (including phenoxy) is 2. The van der Waals surface area contributed by atoms with Gasteiger partial charge in [0.2, 0.25) is 0 Å². The zero-order chi connectivity index (χ0) is 18.9. The molecular formula is C18H25NO6. The Balaban J connectivity index is 2.33. The predicted octanol–water partition coefficient (Wildman–Crippen LogP) is 2.88. The first-order valence-electron chi connectivity index (χ1n) is 8.09. The van der Waals surface area contributed by atoms with Crippen molar-refractivity contribution in [3.63, 3.8) is 0 Å². The smallest absolute Gasteiger partial charge is 0.408 e. The van der Waals surface area contributed by atoms with Crippen LogP contribution in [0.3, 0.4) is 0 Å². The van der Waals surface area contributed by atoms with Gasteiger partial charge in [0, 0.05) is 6.42 Å². The lowest BCUT2D eigenvalue weighted by molar-refractivity contribution is -0.145. The molecule has 0 saturated heterocycles. The highest BCUT2D eigenvalue weighted by Crippen LogP contribution is 2.09. The van der Waals surface area contributed by atoms with Crippen molar-refractivity contribution in [2.24, 2.45) is 0 Å². The van der Waals surface area contributed by atoms with Crippen molar-refractivity contribution in [3.8, 4) is 0 Å². The summed E-state index contributed by atoms with van der Waals surface area (Å²) in [6.07, 6.45) is -0.339. The minimum absolute atomic E-state index is 0.0760. The maximum Gasteiger partial charge on any atom is 0.408 e. The van der Waals surface area contributed by atoms with E-state index in [1.807, 2.05) is 30.3 Å². The molecule has 25 heavy (non-hydrogen) atoms. The van der Waals surface area contributed by atoms with E-state index in [-0.39, 0.29) is 25.9 Å². The molecule has 0 aliphatic carbocycles. The molecule has 0 aliphatic heterocycles. The third kappa shape index (κ3) is 9.34. The van der Waals surface area contributed by atoms with Crippen LogP contribution >= 0.6 is 0 Å². The minimum atomic E-state index is -1.18. The molecule has 0 saturated carbocycles. The number of rotatable bonds is 8. The average molecular weight is 351 g/mol. The van der Waals surface area contributed by atoms with E-state index < -0.39 is 29.7 Å². The number of nitrogens with one attached hydrogen (secondary N) is 1. The maximum atomic E-state index is 11.7. The summed E-state index contributed by atoms with van der Waals surface area (Å²) in [6.45, 7) is 5.24. The number of amides is 1. The highest BCUT2D eigenvalue weighted by Gasteiger charge is 2.23. The molecule has 1 aromatic carbocycles. The summed E-state index contributed by atoms with van der Waals surface area (Å²) < 4.78 is 10.1. The van der Waals surface area contributed by atoms with Crippen LogP contribution in [0, 0.1) is 0 Å². The van der Waals surface area contributed by atoms with Crippen molar-refractivity contribution in [2.75, 3.05) is 0 Å². The molecule has 1 rings (SSSR count). The molecule has 0 fully saturated rings. The second-order valence-corrected chi connectivity index (χ2v) is 6.58. The van der Waals surface area contributed by atoms with Crippen LogP contribution in [0.15, 0.2) is 30.3 Å². The van der Waals surface area contributed by atoms with E-state index in [9.17, 15) is 14.4 Å². The van der Waals surface area contributed by atoms with Crippen molar-refractivity contribution in [2.45, 2.75) is 58.3 Å². The Morgan fingerprint density at radius 3 is 2.36 bits per heavy atom. The van der Waals surface area contributed by atoms with E-state index in [2.05, 4.69) is 5.32 Å². The molecule has 0 aliphatic rings. The first-order chi connectivity index (χ1) is 11.7. The summed E-state index contributed by atoms with van der Waals surface area (Å²) in [7, 11) is 0. The van der Waals surface area contributed by atoms with Crippen molar-refractivity contribution in [1.82, 2.24) is 5.32 Å². The third-order valence-corrected chi connectivity index (χ3v) is 3.11. The molecule has 138 valence electrons. The zero-order valence-electron chi connectivity index (χ0n) is 14.8. The van der Waals surface area contributed by atoms with Crippen molar-refractivity contribution in [1.29, 1.82) is 0 Å². The van der Waals surface area contributed by atoms with E-state index >= 15 is 0 Å². The van der Waals surface area contributed by atoms with Gasteiger partial charge in [-0.2, -0.15) is 0 Å². The Morgan fingerprint density at radius 1 is 1.16 bits per heavy atom. The molecule has 0 bridgehead atoms. The van der Waals surface area contributed by atoms with E-state index in [1.165, 1.54) is 0 Å². The Morgan fingerprint density at radius 2 is 1.80 bits per heavy atom. The number of benzene rings is 1. The fourth-order valence-corrected chi connectivity index (χ4v) is 1.97. The quantitative estimate of drug-likeness (QED) is 0.698. The van der Waals surface area contributed by atoms with Crippen LogP contribution in [0.25, 0.3) is 0 Å². The van der Waals surface area contributed by atoms with Gasteiger partial charge >= 0.3 is 18.0 Å². The van der Waals surface area contributed by atoms with Crippen molar-refractivity contribution in [3.05, 3.63) is 35.9 Å². The number of carboxylic acids is 1. The standard InChI is InChI=1S/C18H25NO6/c1-18(2,3)25-17(23)19-14(16(21)22)10-7-11-15(20)24-12-13-8-5-4-6-9-13/h4-6,8-9,14H,7,10-12H2,1-3H3,(H,19,23)(H,21,22)/t14-/m1/s1. The van der Waals surface area contributed by atoms with Crippen LogP contribution in [0.2, 0.25) is 0 Å². The van der Waals surface area contributed by atoms with Gasteiger partial charge in [-0.3, -0.25) is 4.79 Å². The van der Waals surface area contributed by atoms with Crippen LogP contribution in [0.1, 0.15) is 45.6 Å². The minimum Gasteiger partial charge on any atom is -0.480 e. The summed E-state index contributed by atoms with van der Waals surface area (Å²) in [5, 5.41) is 11.4. The van der Waals surface area contributed by atoms with Gasteiger partial charge in [0.1, 0.15) is 18.2 Å². The van der Waals surface area contributed by atoms with Gasteiger partial charge < -0.3 is 19.9 Å². The number of esters is 1. The molecule has 0 heterocycles. The third-order valence-electron chi connectivity index (χ3n) is 3.11. The zero-order valence-corrected chi connectivity index (χ0v) is 14.8. The Hall–Kier alpha value is -2.57. The molecule has 1 aromatic rings. The van der Waals surface area contributed by atoms with Crippen molar-refractivity contribution < 1.29 is 29.0 Å². The van der Waals surface area contributed by atoms with Crippen molar-refractivity contribution >= 4 is 18.0 Å². The summed E-state index contributed by atoms with van der Waals surface area (Å²) in [5.41, 5.74) is 0.167. The summed E-state index contributed by atoms with van der Waals surface area (Å²) >= 11 is 0. The number of carboxylic acid groups (broad SMARTS) is 1. The molecule has 2 N–H and O–H groups in total. The number of carbonyl (C=O) groups is 3. The molecule has 1 amide bonds. The Bertz CT molecular complexity index is 579. The predicted molar refractivity (Wildman–Crippen MR) is 90.9 cm³/mol. The number of hydrogen-bond donors (Lipinski definition) is 2. The lowest BCUT2D eigenvalue weighted by Crippen LogP contribution is -2.43. The number of aliphatic carboxylic acids is 1. The van der Waals surface area contributed by atoms with Gasteiger partial charge in [-0.1, -0.05) is 30.3 Å².